The number of nitrogens with zero attached hydrogens (tertiary/aromatic N) is 2. The number of carboxylic acid groups (broad SMARTS) is 1. The van der Waals surface area contributed by atoms with Crippen LogP contribution in [0.4, 0.5) is 0 Å². The van der Waals surface area contributed by atoms with Crippen molar-refractivity contribution in [2.24, 2.45) is 11.8 Å². The van der Waals surface area contributed by atoms with Crippen molar-refractivity contribution < 1.29 is 19.4 Å². The van der Waals surface area contributed by atoms with Gasteiger partial charge >= 0.3 is 5.97 Å². The predicted octanol–water partition coefficient (Wildman–Crippen LogP) is 5.94. The van der Waals surface area contributed by atoms with Crippen LogP contribution in [0.25, 0.3) is 22.2 Å². The second kappa shape index (κ2) is 15.3. The molecule has 0 radical (unpaired) electrons. The van der Waals surface area contributed by atoms with Crippen molar-refractivity contribution >= 4 is 22.8 Å². The van der Waals surface area contributed by atoms with Crippen molar-refractivity contribution in [3.8, 4) is 17.0 Å². The fourth-order valence-electron chi connectivity index (χ4n) is 7.15. The van der Waals surface area contributed by atoms with E-state index < -0.39 is 12.6 Å². The van der Waals surface area contributed by atoms with E-state index in [2.05, 4.69) is 27.7 Å². The summed E-state index contributed by atoms with van der Waals surface area (Å²) in [5.74, 6) is 0.647. The lowest BCUT2D eigenvalue weighted by Gasteiger charge is -2.39. The highest BCUT2D eigenvalue weighted by atomic mass is 16.5. The number of hydrogen-bond donors (Lipinski definition) is 3. The first-order valence-corrected chi connectivity index (χ1v) is 16.7. The first kappa shape index (κ1) is 31.7. The topological polar surface area (TPSA) is 104 Å². The molecule has 6 rings (SSSR count). The second-order valence-electron chi connectivity index (χ2n) is 12.6. The first-order chi connectivity index (χ1) is 22.5. The number of carbonyl (C=O) groups is 2. The zero-order valence-electron chi connectivity index (χ0n) is 26.4. The number of nitrogens with one attached hydrogen (secondary N) is 2. The van der Waals surface area contributed by atoms with Gasteiger partial charge in [0, 0.05) is 42.2 Å². The molecular formula is C38H44N4O4. The van der Waals surface area contributed by atoms with E-state index in [1.54, 1.807) is 12.1 Å². The molecule has 0 aliphatic carbocycles. The van der Waals surface area contributed by atoms with Gasteiger partial charge in [-0.05, 0) is 87.7 Å². The van der Waals surface area contributed by atoms with Gasteiger partial charge in [0.2, 0.25) is 0 Å². The van der Waals surface area contributed by atoms with Crippen LogP contribution in [0, 0.1) is 11.8 Å². The van der Waals surface area contributed by atoms with Gasteiger partial charge < -0.3 is 20.5 Å². The number of carbonyl (C=O) groups excluding carboxylic acids is 1. The third-order valence-electron chi connectivity index (χ3n) is 9.44. The largest absolute Gasteiger partial charge is 0.482 e. The van der Waals surface area contributed by atoms with Crippen LogP contribution in [-0.2, 0) is 17.8 Å². The molecule has 8 heteroatoms. The molecule has 0 spiro atoms. The van der Waals surface area contributed by atoms with Gasteiger partial charge in [-0.3, -0.25) is 9.69 Å². The van der Waals surface area contributed by atoms with Crippen molar-refractivity contribution in [3.63, 3.8) is 0 Å². The average Bonchev–Trinajstić information content (AvgIpc) is 3.10. The summed E-state index contributed by atoms with van der Waals surface area (Å²) >= 11 is 0. The van der Waals surface area contributed by atoms with Crippen molar-refractivity contribution in [2.45, 2.75) is 45.1 Å². The number of pyridine rings is 1. The summed E-state index contributed by atoms with van der Waals surface area (Å²) in [6.07, 6.45) is 6.59. The summed E-state index contributed by atoms with van der Waals surface area (Å²) in [5.41, 5.74) is 5.15. The summed E-state index contributed by atoms with van der Waals surface area (Å²) in [6, 6.07) is 25.7. The molecule has 8 nitrogen and oxygen atoms in total. The zero-order chi connectivity index (χ0) is 31.7. The minimum Gasteiger partial charge on any atom is -0.482 e. The van der Waals surface area contributed by atoms with E-state index in [9.17, 15) is 9.59 Å². The van der Waals surface area contributed by atoms with Crippen LogP contribution in [0.3, 0.4) is 0 Å². The van der Waals surface area contributed by atoms with E-state index >= 15 is 0 Å². The number of aromatic nitrogens is 1. The molecule has 2 aliphatic rings. The first-order valence-electron chi connectivity index (χ1n) is 16.7. The molecule has 46 heavy (non-hydrogen) atoms. The molecule has 1 aromatic heterocycles. The maximum atomic E-state index is 14.3. The summed E-state index contributed by atoms with van der Waals surface area (Å²) in [4.78, 5) is 33.1. The van der Waals surface area contributed by atoms with Crippen LogP contribution in [-0.4, -0.2) is 66.2 Å². The second-order valence-corrected chi connectivity index (χ2v) is 12.6. The minimum atomic E-state index is -1.05. The molecule has 0 unspecified atom stereocenters. The zero-order valence-corrected chi connectivity index (χ0v) is 26.4. The van der Waals surface area contributed by atoms with E-state index in [1.807, 2.05) is 54.6 Å². The molecule has 240 valence electrons. The van der Waals surface area contributed by atoms with E-state index in [0.717, 1.165) is 73.6 Å². The number of likely N-dealkylation sites (tertiary alicyclic amines) is 1. The Labute approximate surface area is 271 Å². The van der Waals surface area contributed by atoms with Crippen LogP contribution in [0.5, 0.6) is 5.75 Å². The van der Waals surface area contributed by atoms with Gasteiger partial charge in [0.05, 0.1) is 16.8 Å². The number of fused-ring (bicyclic) bond motifs is 1. The number of benzene rings is 3. The smallest absolute Gasteiger partial charge is 0.341 e. The molecule has 4 aromatic rings. The molecule has 2 aliphatic heterocycles. The Hall–Kier alpha value is -4.27. The quantitative estimate of drug-likeness (QED) is 0.169. The standard InChI is InChI=1S/C38H44N4O4/c43-35(44)26-46-31-15-16-32-34(23-31)41-37(29-12-5-2-6-13-29)33(25-42-22-8-14-30(24-42)28-17-20-39-21-18-28)36(32)38(45)40-19-7-11-27-9-3-1-4-10-27/h1-6,9-10,12-13,15-16,23,28,30,39H,7-8,11,14,17-22,24-26H2,(H,40,45)(H,43,44)/t30-/m1/s1. The van der Waals surface area contributed by atoms with Gasteiger partial charge in [0.15, 0.2) is 6.61 Å². The highest BCUT2D eigenvalue weighted by molar-refractivity contribution is 6.09. The lowest BCUT2D eigenvalue weighted by Crippen LogP contribution is -2.41. The number of rotatable bonds is 12. The Bertz CT molecular complexity index is 1620. The van der Waals surface area contributed by atoms with Gasteiger partial charge in [-0.1, -0.05) is 60.7 Å². The van der Waals surface area contributed by atoms with Gasteiger partial charge in [-0.2, -0.15) is 0 Å². The van der Waals surface area contributed by atoms with E-state index in [1.165, 1.54) is 24.8 Å². The molecule has 1 atom stereocenters. The summed E-state index contributed by atoms with van der Waals surface area (Å²) < 4.78 is 5.51. The molecule has 1 amide bonds. The fraction of sp³-hybridized carbons (Fsp3) is 0.395. The number of piperidine rings is 2. The Balaban J connectivity index is 1.36. The summed E-state index contributed by atoms with van der Waals surface area (Å²) in [7, 11) is 0. The lowest BCUT2D eigenvalue weighted by atomic mass is 9.80. The fourth-order valence-corrected chi connectivity index (χ4v) is 7.15. The monoisotopic (exact) mass is 620 g/mol. The molecule has 3 aromatic carbocycles. The van der Waals surface area contributed by atoms with Crippen molar-refractivity contribution in [3.05, 3.63) is 95.6 Å². The number of ether oxygens (including phenoxy) is 1. The normalized spacial score (nSPS) is 17.5. The molecular weight excluding hydrogens is 576 g/mol. The number of carboxylic acids is 1. The van der Waals surface area contributed by atoms with Crippen LogP contribution < -0.4 is 15.4 Å². The molecule has 0 saturated carbocycles. The van der Waals surface area contributed by atoms with Crippen molar-refractivity contribution in [1.82, 2.24) is 20.5 Å². The van der Waals surface area contributed by atoms with E-state index in [0.29, 0.717) is 35.8 Å². The van der Waals surface area contributed by atoms with Gasteiger partial charge in [-0.15, -0.1) is 0 Å². The Morgan fingerprint density at radius 2 is 1.72 bits per heavy atom. The van der Waals surface area contributed by atoms with Crippen LogP contribution in [0.15, 0.2) is 78.9 Å². The highest BCUT2D eigenvalue weighted by Gasteiger charge is 2.30. The van der Waals surface area contributed by atoms with Crippen LogP contribution >= 0.6 is 0 Å². The third kappa shape index (κ3) is 7.92. The highest BCUT2D eigenvalue weighted by Crippen LogP contribution is 2.35. The third-order valence-corrected chi connectivity index (χ3v) is 9.44. The maximum Gasteiger partial charge on any atom is 0.341 e. The summed E-state index contributed by atoms with van der Waals surface area (Å²) in [6.45, 7) is 4.96. The minimum absolute atomic E-state index is 0.112. The molecule has 3 N–H and O–H groups in total. The van der Waals surface area contributed by atoms with Crippen molar-refractivity contribution in [1.29, 1.82) is 0 Å². The maximum absolute atomic E-state index is 14.3. The lowest BCUT2D eigenvalue weighted by molar-refractivity contribution is -0.139. The number of aliphatic carboxylic acids is 1. The molecule has 0 bridgehead atoms. The predicted molar refractivity (Wildman–Crippen MR) is 181 cm³/mol. The Morgan fingerprint density at radius 3 is 2.48 bits per heavy atom. The number of aryl methyl sites for hydroxylation is 1. The van der Waals surface area contributed by atoms with Gasteiger partial charge in [0.1, 0.15) is 5.75 Å². The van der Waals surface area contributed by atoms with E-state index in [4.69, 9.17) is 14.8 Å². The molecule has 3 heterocycles. The molecule has 2 saturated heterocycles. The average molecular weight is 621 g/mol. The van der Waals surface area contributed by atoms with Crippen molar-refractivity contribution in [2.75, 3.05) is 39.3 Å². The van der Waals surface area contributed by atoms with Gasteiger partial charge in [0.25, 0.3) is 5.91 Å². The summed E-state index contributed by atoms with van der Waals surface area (Å²) in [5, 5.41) is 16.6. The van der Waals surface area contributed by atoms with E-state index in [-0.39, 0.29) is 5.91 Å². The SMILES string of the molecule is O=C(O)COc1ccc2c(C(=O)NCCCc3ccccc3)c(CN3CCC[C@@H](C4CCNCC4)C3)c(-c3ccccc3)nc2c1. The van der Waals surface area contributed by atoms with Crippen LogP contribution in [0.2, 0.25) is 0 Å². The number of amides is 1. The Morgan fingerprint density at radius 1 is 0.957 bits per heavy atom. The van der Waals surface area contributed by atoms with Gasteiger partial charge in [-0.25, -0.2) is 9.78 Å². The Kier molecular flexibility index (Phi) is 10.6. The number of hydrogen-bond acceptors (Lipinski definition) is 6. The van der Waals surface area contributed by atoms with Crippen LogP contribution in [0.1, 0.15) is 53.6 Å². The molecule has 2 fully saturated rings.